The van der Waals surface area contributed by atoms with Crippen molar-refractivity contribution in [3.63, 3.8) is 0 Å². The van der Waals surface area contributed by atoms with Crippen molar-refractivity contribution >= 4 is 0 Å². The lowest BCUT2D eigenvalue weighted by Crippen LogP contribution is -2.39. The zero-order valence-electron chi connectivity index (χ0n) is 12.0. The van der Waals surface area contributed by atoms with Gasteiger partial charge < -0.3 is 14.6 Å². The number of ether oxygens (including phenoxy) is 1. The fourth-order valence-electron chi connectivity index (χ4n) is 2.61. The van der Waals surface area contributed by atoms with Gasteiger partial charge in [0.05, 0.1) is 6.54 Å². The van der Waals surface area contributed by atoms with Gasteiger partial charge in [-0.15, -0.1) is 0 Å². The highest BCUT2D eigenvalue weighted by atomic mass is 16.5. The van der Waals surface area contributed by atoms with Gasteiger partial charge >= 0.3 is 0 Å². The number of para-hydroxylation sites is 1. The van der Waals surface area contributed by atoms with Gasteiger partial charge in [-0.3, -0.25) is 0 Å². The fraction of sp³-hybridized carbons (Fsp3) is 0.467. The normalized spacial score (nSPS) is 20.2. The molecular formula is C15H19N3O2. The predicted molar refractivity (Wildman–Crippen MR) is 74.4 cm³/mol. The van der Waals surface area contributed by atoms with E-state index in [9.17, 15) is 0 Å². The lowest BCUT2D eigenvalue weighted by molar-refractivity contribution is 0.0651. The molecule has 5 heteroatoms. The van der Waals surface area contributed by atoms with Crippen LogP contribution in [-0.2, 0) is 6.54 Å². The summed E-state index contributed by atoms with van der Waals surface area (Å²) >= 11 is 0. The van der Waals surface area contributed by atoms with Gasteiger partial charge in [0.2, 0.25) is 5.89 Å². The fourth-order valence-corrected chi connectivity index (χ4v) is 2.61. The predicted octanol–water partition coefficient (Wildman–Crippen LogP) is 2.77. The molecule has 0 amide bonds. The summed E-state index contributed by atoms with van der Waals surface area (Å²) in [5.41, 5.74) is 1.000. The summed E-state index contributed by atoms with van der Waals surface area (Å²) in [5, 5.41) is 7.29. The van der Waals surface area contributed by atoms with Gasteiger partial charge in [0.25, 0.3) is 0 Å². The molecule has 0 bridgehead atoms. The van der Waals surface area contributed by atoms with Crippen molar-refractivity contribution < 1.29 is 9.26 Å². The summed E-state index contributed by atoms with van der Waals surface area (Å²) in [4.78, 5) is 4.22. The van der Waals surface area contributed by atoms with E-state index in [0.717, 1.165) is 12.2 Å². The van der Waals surface area contributed by atoms with Crippen molar-refractivity contribution in [2.45, 2.75) is 45.4 Å². The van der Waals surface area contributed by atoms with E-state index in [0.29, 0.717) is 18.3 Å². The molecule has 1 aliphatic rings. The van der Waals surface area contributed by atoms with E-state index < -0.39 is 0 Å². The molecule has 20 heavy (non-hydrogen) atoms. The molecule has 1 aromatic carbocycles. The third kappa shape index (κ3) is 2.67. The van der Waals surface area contributed by atoms with E-state index in [1.54, 1.807) is 0 Å². The van der Waals surface area contributed by atoms with Crippen LogP contribution in [0, 0.1) is 6.92 Å². The zero-order valence-corrected chi connectivity index (χ0v) is 12.0. The molecule has 3 rings (SSSR count). The van der Waals surface area contributed by atoms with Gasteiger partial charge in [0.15, 0.2) is 5.82 Å². The van der Waals surface area contributed by atoms with Gasteiger partial charge in [-0.05, 0) is 26.8 Å². The molecule has 1 N–H and O–H groups in total. The first kappa shape index (κ1) is 13.1. The molecule has 0 fully saturated rings. The SMILES string of the molecule is Cc1noc(CNC2CC(C)(C)Oc3ccccc32)n1. The number of nitrogens with zero attached hydrogens (tertiary/aromatic N) is 2. The molecule has 0 spiro atoms. The molecule has 1 unspecified atom stereocenters. The van der Waals surface area contributed by atoms with Crippen molar-refractivity contribution in [2.75, 3.05) is 0 Å². The number of nitrogens with one attached hydrogen (secondary N) is 1. The van der Waals surface area contributed by atoms with Gasteiger partial charge in [-0.2, -0.15) is 4.98 Å². The maximum Gasteiger partial charge on any atom is 0.240 e. The van der Waals surface area contributed by atoms with Crippen LogP contribution < -0.4 is 10.1 Å². The molecule has 0 aliphatic carbocycles. The second-order valence-electron chi connectivity index (χ2n) is 5.77. The van der Waals surface area contributed by atoms with Crippen LogP contribution >= 0.6 is 0 Å². The maximum absolute atomic E-state index is 6.01. The first-order valence-electron chi connectivity index (χ1n) is 6.84. The van der Waals surface area contributed by atoms with E-state index in [1.165, 1.54) is 5.56 Å². The number of hydrogen-bond acceptors (Lipinski definition) is 5. The van der Waals surface area contributed by atoms with Crippen molar-refractivity contribution in [2.24, 2.45) is 0 Å². The molecule has 0 radical (unpaired) electrons. The minimum atomic E-state index is -0.184. The topological polar surface area (TPSA) is 60.2 Å². The first-order chi connectivity index (χ1) is 9.53. The molecule has 0 saturated heterocycles. The van der Waals surface area contributed by atoms with E-state index in [-0.39, 0.29) is 11.6 Å². The Hall–Kier alpha value is -1.88. The molecule has 0 saturated carbocycles. The summed E-state index contributed by atoms with van der Waals surface area (Å²) in [6, 6.07) is 8.37. The van der Waals surface area contributed by atoms with Gasteiger partial charge in [0, 0.05) is 18.0 Å². The highest BCUT2D eigenvalue weighted by Gasteiger charge is 2.33. The van der Waals surface area contributed by atoms with Gasteiger partial charge in [-0.25, -0.2) is 0 Å². The molecule has 5 nitrogen and oxygen atoms in total. The van der Waals surface area contributed by atoms with Crippen molar-refractivity contribution in [3.05, 3.63) is 41.5 Å². The van der Waals surface area contributed by atoms with Crippen LogP contribution in [0.25, 0.3) is 0 Å². The van der Waals surface area contributed by atoms with Crippen molar-refractivity contribution in [1.29, 1.82) is 0 Å². The first-order valence-corrected chi connectivity index (χ1v) is 6.84. The molecule has 2 aromatic rings. The van der Waals surface area contributed by atoms with Crippen molar-refractivity contribution in [3.8, 4) is 5.75 Å². The Morgan fingerprint density at radius 1 is 1.35 bits per heavy atom. The summed E-state index contributed by atoms with van der Waals surface area (Å²) < 4.78 is 11.2. The standard InChI is InChI=1S/C15H19N3O2/c1-10-17-14(20-18-10)9-16-12-8-15(2,3)19-13-7-5-4-6-11(12)13/h4-7,12,16H,8-9H2,1-3H3. The monoisotopic (exact) mass is 273 g/mol. The summed E-state index contributed by atoms with van der Waals surface area (Å²) in [6.07, 6.45) is 0.900. The second-order valence-corrected chi connectivity index (χ2v) is 5.77. The number of benzene rings is 1. The third-order valence-corrected chi connectivity index (χ3v) is 3.45. The van der Waals surface area contributed by atoms with Crippen LogP contribution in [0.2, 0.25) is 0 Å². The van der Waals surface area contributed by atoms with Crippen LogP contribution in [0.4, 0.5) is 0 Å². The Balaban J connectivity index is 1.78. The number of aryl methyl sites for hydroxylation is 1. The van der Waals surface area contributed by atoms with E-state index in [4.69, 9.17) is 9.26 Å². The van der Waals surface area contributed by atoms with E-state index >= 15 is 0 Å². The zero-order chi connectivity index (χ0) is 14.2. The second kappa shape index (κ2) is 4.90. The van der Waals surface area contributed by atoms with Crippen LogP contribution in [0.15, 0.2) is 28.8 Å². The smallest absolute Gasteiger partial charge is 0.240 e. The Labute approximate surface area is 118 Å². The van der Waals surface area contributed by atoms with E-state index in [1.807, 2.05) is 25.1 Å². The quantitative estimate of drug-likeness (QED) is 0.931. The summed E-state index contributed by atoms with van der Waals surface area (Å²) in [6.45, 7) is 6.60. The van der Waals surface area contributed by atoms with Gasteiger partial charge in [0.1, 0.15) is 11.4 Å². The van der Waals surface area contributed by atoms with Crippen molar-refractivity contribution in [1.82, 2.24) is 15.5 Å². The Morgan fingerprint density at radius 3 is 2.90 bits per heavy atom. The van der Waals surface area contributed by atoms with Crippen LogP contribution in [-0.4, -0.2) is 15.7 Å². The number of fused-ring (bicyclic) bond motifs is 1. The van der Waals surface area contributed by atoms with Gasteiger partial charge in [-0.1, -0.05) is 23.4 Å². The Kier molecular flexibility index (Phi) is 3.22. The lowest BCUT2D eigenvalue weighted by Gasteiger charge is -2.37. The van der Waals surface area contributed by atoms with E-state index in [2.05, 4.69) is 35.4 Å². The Morgan fingerprint density at radius 2 is 2.15 bits per heavy atom. The average Bonchev–Trinajstić information content (AvgIpc) is 2.80. The minimum absolute atomic E-state index is 0.184. The van der Waals surface area contributed by atoms with Crippen LogP contribution in [0.3, 0.4) is 0 Å². The highest BCUT2D eigenvalue weighted by molar-refractivity contribution is 5.38. The summed E-state index contributed by atoms with van der Waals surface area (Å²) in [7, 11) is 0. The third-order valence-electron chi connectivity index (χ3n) is 3.45. The molecule has 1 aromatic heterocycles. The number of rotatable bonds is 3. The molecular weight excluding hydrogens is 254 g/mol. The molecule has 106 valence electrons. The summed E-state index contributed by atoms with van der Waals surface area (Å²) in [5.74, 6) is 2.22. The van der Waals surface area contributed by atoms with Crippen LogP contribution in [0.1, 0.15) is 43.6 Å². The molecule has 2 heterocycles. The largest absolute Gasteiger partial charge is 0.487 e. The highest BCUT2D eigenvalue weighted by Crippen LogP contribution is 2.39. The molecule has 1 atom stereocenters. The minimum Gasteiger partial charge on any atom is -0.487 e. The number of aromatic nitrogens is 2. The lowest BCUT2D eigenvalue weighted by atomic mass is 9.90. The number of hydrogen-bond donors (Lipinski definition) is 1. The van der Waals surface area contributed by atoms with Crippen LogP contribution in [0.5, 0.6) is 5.75 Å². The molecule has 1 aliphatic heterocycles. The maximum atomic E-state index is 6.01. The Bertz CT molecular complexity index is 607. The average molecular weight is 273 g/mol.